The topological polar surface area (TPSA) is 0 Å². The Balaban J connectivity index is 1.82. The van der Waals surface area contributed by atoms with Crippen LogP contribution in [0, 0.1) is 50.1 Å². The Morgan fingerprint density at radius 1 is 1.56 bits per heavy atom. The second-order valence-electron chi connectivity index (χ2n) is 3.36. The van der Waals surface area contributed by atoms with E-state index in [1.165, 1.54) is 6.42 Å². The van der Waals surface area contributed by atoms with Crippen LogP contribution >= 0.6 is 0 Å². The fraction of sp³-hybridized carbons (Fsp3) is 1.00. The van der Waals surface area contributed by atoms with E-state index >= 15 is 0 Å². The van der Waals surface area contributed by atoms with Crippen molar-refractivity contribution in [2.45, 2.75) is 33.4 Å². The minimum atomic E-state index is 0.852. The zero-order valence-corrected chi connectivity index (χ0v) is 7.98. The van der Waals surface area contributed by atoms with Crippen molar-refractivity contribution in [1.82, 2.24) is 0 Å². The fourth-order valence-corrected chi connectivity index (χ4v) is 5.57. The van der Waals surface area contributed by atoms with E-state index in [1.807, 2.05) is 0 Å². The molecule has 1 aliphatic carbocycles. The van der Waals surface area contributed by atoms with Crippen molar-refractivity contribution < 1.29 is 44.2 Å². The third-order valence-electron chi connectivity index (χ3n) is 2.76. The normalized spacial score (nSPS) is 49.2. The van der Waals surface area contributed by atoms with Crippen LogP contribution in [-0.4, -0.2) is 0 Å². The molecular formula is C8H14Xe. The average molecular weight is 241 g/mol. The summed E-state index contributed by atoms with van der Waals surface area (Å²) in [5.74, 6) is 1.14. The summed E-state index contributed by atoms with van der Waals surface area (Å²) in [6.07, 6.45) is 6.27. The Morgan fingerprint density at radius 2 is 2.22 bits per heavy atom. The first kappa shape index (κ1) is 7.23. The Bertz CT molecular complexity index is 108. The summed E-state index contributed by atoms with van der Waals surface area (Å²) in [4.78, 5) is 0. The Morgan fingerprint density at radius 3 is 2.56 bits per heavy atom. The van der Waals surface area contributed by atoms with Crippen molar-refractivity contribution in [1.29, 1.82) is 0 Å². The van der Waals surface area contributed by atoms with E-state index in [-0.39, 0.29) is 0 Å². The maximum atomic E-state index is 2.34. The molecule has 1 saturated heterocycles. The van der Waals surface area contributed by atoms with Crippen molar-refractivity contribution in [3.8, 4) is 0 Å². The van der Waals surface area contributed by atoms with Crippen LogP contribution in [0.2, 0.25) is 0.772 Å². The molecule has 2 fully saturated rings. The maximum absolute atomic E-state index is 2.34. The molecule has 9 heavy (non-hydrogen) atoms. The third kappa shape index (κ3) is 1.18. The molecule has 0 aromatic rings. The van der Waals surface area contributed by atoms with E-state index in [0.29, 0.717) is 0 Å². The van der Waals surface area contributed by atoms with Gasteiger partial charge in [-0.1, -0.05) is 0 Å². The molecule has 0 N–H and O–H groups in total. The van der Waals surface area contributed by atoms with Crippen LogP contribution in [-0.2, 0) is 0 Å². The Kier molecular flexibility index (Phi) is 2.06. The number of hydrogen-bond acceptors (Lipinski definition) is 0. The molecule has 0 unspecified atom stereocenters. The monoisotopic (exact) mass is 242 g/mol. The molecule has 0 bridgehead atoms. The number of rotatable bonds is 1. The molecule has 1 spiro atoms. The van der Waals surface area contributed by atoms with Crippen molar-refractivity contribution in [2.24, 2.45) is 5.92 Å². The predicted octanol–water partition coefficient (Wildman–Crippen LogP) is 2.87. The van der Waals surface area contributed by atoms with E-state index < -0.39 is 0 Å². The fourth-order valence-electron chi connectivity index (χ4n) is 1.89. The van der Waals surface area contributed by atoms with E-state index in [2.05, 4.69) is 6.92 Å². The summed E-state index contributed by atoms with van der Waals surface area (Å²) in [5, 5.41) is 0. The summed E-state index contributed by atoms with van der Waals surface area (Å²) in [5.41, 5.74) is 0. The summed E-state index contributed by atoms with van der Waals surface area (Å²) < 4.78 is 2.62. The summed E-state index contributed by atoms with van der Waals surface area (Å²) in [6.45, 7) is 2.34. The van der Waals surface area contributed by atoms with Crippen LogP contribution in [0.25, 0.3) is 0 Å². The summed E-state index contributed by atoms with van der Waals surface area (Å²) >= 11 is 0.852. The van der Waals surface area contributed by atoms with E-state index in [1.54, 1.807) is 20.2 Å². The minimum absolute atomic E-state index is 0.852. The number of hydrogen-bond donors (Lipinski definition) is 0. The van der Waals surface area contributed by atoms with Gasteiger partial charge in [-0.2, -0.15) is 0 Å². The molecule has 0 radical (unpaired) electrons. The van der Waals surface area contributed by atoms with Gasteiger partial charge in [0.2, 0.25) is 0 Å². The zero-order chi connectivity index (χ0) is 6.32. The second kappa shape index (κ2) is 2.56. The van der Waals surface area contributed by atoms with Crippen LogP contribution < -0.4 is 0 Å². The predicted molar refractivity (Wildman–Crippen MR) is 35.1 cm³/mol. The molecule has 0 amide bonds. The summed E-state index contributed by atoms with van der Waals surface area (Å²) in [7, 11) is 0. The standard InChI is InChI=1S/C8H14Xe/c1-2-7-5-8(6-7)3-4-9-8/h7H,2-6H2,1H3. The molecule has 2 aliphatic rings. The first-order valence-corrected chi connectivity index (χ1v) is 6.36. The van der Waals surface area contributed by atoms with Crippen molar-refractivity contribution in [2.75, 3.05) is 0 Å². The Labute approximate surface area is 82.1 Å². The first-order valence-electron chi connectivity index (χ1n) is 3.92. The molecule has 1 heterocycles. The SMILES string of the molecule is CCC1CC2(CC[Xe]2)C1. The van der Waals surface area contributed by atoms with E-state index in [9.17, 15) is 0 Å². The van der Waals surface area contributed by atoms with Crippen LogP contribution in [0.15, 0.2) is 0 Å². The van der Waals surface area contributed by atoms with Gasteiger partial charge in [0.05, 0.1) is 0 Å². The van der Waals surface area contributed by atoms with Crippen molar-refractivity contribution in [3.63, 3.8) is 0 Å². The molecule has 0 aromatic heterocycles. The van der Waals surface area contributed by atoms with Gasteiger partial charge in [-0.3, -0.25) is 0 Å². The van der Waals surface area contributed by atoms with Crippen LogP contribution in [0.1, 0.15) is 32.6 Å². The van der Waals surface area contributed by atoms with Crippen LogP contribution in [0.4, 0.5) is 0 Å². The van der Waals surface area contributed by atoms with Gasteiger partial charge in [-0.15, -0.1) is 0 Å². The van der Waals surface area contributed by atoms with Gasteiger partial charge in [0.15, 0.2) is 0 Å². The third-order valence-corrected chi connectivity index (χ3v) is 6.61. The molecule has 54 valence electrons. The molecule has 0 nitrogen and oxygen atoms in total. The summed E-state index contributed by atoms with van der Waals surface area (Å²) in [6, 6.07) is 0. The van der Waals surface area contributed by atoms with Gasteiger partial charge in [0.25, 0.3) is 0 Å². The molecule has 0 atom stereocenters. The van der Waals surface area contributed by atoms with E-state index in [4.69, 9.17) is 0 Å². The van der Waals surface area contributed by atoms with Crippen molar-refractivity contribution >= 4 is 0 Å². The van der Waals surface area contributed by atoms with Gasteiger partial charge in [0, 0.05) is 0 Å². The Hall–Kier alpha value is 1.57. The van der Waals surface area contributed by atoms with Gasteiger partial charge in [-0.25, -0.2) is 0 Å². The zero-order valence-electron chi connectivity index (χ0n) is 5.97. The molecule has 2 rings (SSSR count). The molecular weight excluding hydrogens is 227 g/mol. The van der Waals surface area contributed by atoms with Gasteiger partial charge < -0.3 is 0 Å². The quantitative estimate of drug-likeness (QED) is 0.662. The van der Waals surface area contributed by atoms with Crippen LogP contribution in [0.5, 0.6) is 0 Å². The van der Waals surface area contributed by atoms with Crippen molar-refractivity contribution in [3.05, 3.63) is 0 Å². The molecule has 1 heteroatoms. The molecule has 1 aliphatic heterocycles. The average Bonchev–Trinajstić information content (AvgIpc) is 1.59. The van der Waals surface area contributed by atoms with Crippen LogP contribution in [0.3, 0.4) is 0 Å². The second-order valence-corrected chi connectivity index (χ2v) is 7.22. The molecule has 1 saturated carbocycles. The van der Waals surface area contributed by atoms with Gasteiger partial charge >= 0.3 is 83.5 Å². The van der Waals surface area contributed by atoms with E-state index in [0.717, 1.165) is 50.0 Å². The van der Waals surface area contributed by atoms with Gasteiger partial charge in [0.1, 0.15) is 0 Å². The van der Waals surface area contributed by atoms with Gasteiger partial charge in [-0.05, 0) is 0 Å². The molecule has 0 aromatic carbocycles. The first-order chi connectivity index (χ1) is 4.35.